The molecule has 0 amide bonds. The first-order valence-corrected chi connectivity index (χ1v) is 37.0. The van der Waals surface area contributed by atoms with Crippen LogP contribution in [-0.2, 0) is 9.59 Å². The molecule has 472 valence electrons. The van der Waals surface area contributed by atoms with Crippen LogP contribution in [0.3, 0.4) is 0 Å². The van der Waals surface area contributed by atoms with Crippen LogP contribution >= 0.6 is 0 Å². The van der Waals surface area contributed by atoms with Crippen LogP contribution in [0, 0.1) is 71.0 Å². The normalized spacial score (nSPS) is 34.6. The van der Waals surface area contributed by atoms with E-state index in [0.29, 0.717) is 82.6 Å². The van der Waals surface area contributed by atoms with Gasteiger partial charge in [0.15, 0.2) is 0 Å². The van der Waals surface area contributed by atoms with E-state index in [0.717, 1.165) is 51.4 Å². The third-order valence-electron chi connectivity index (χ3n) is 26.2. The summed E-state index contributed by atoms with van der Waals surface area (Å²) in [6.45, 7) is 0. The maximum atomic E-state index is 16.3. The first-order chi connectivity index (χ1) is 45.5. The van der Waals surface area contributed by atoms with Gasteiger partial charge in [-0.05, 0) is 193 Å². The molecule has 0 radical (unpaired) electrons. The Hall–Kier alpha value is -6.90. The number of rotatable bonds is 8. The molecule has 2 heteroatoms. The van der Waals surface area contributed by atoms with Crippen molar-refractivity contribution in [1.82, 2.24) is 0 Å². The van der Waals surface area contributed by atoms with Gasteiger partial charge in [-0.25, -0.2) is 0 Å². The highest BCUT2D eigenvalue weighted by molar-refractivity contribution is 5.90. The highest BCUT2D eigenvalue weighted by Crippen LogP contribution is 2.63. The number of Topliss-reactive ketones (excluding diaryl/α,β-unsaturated/α-hetero) is 2. The van der Waals surface area contributed by atoms with Gasteiger partial charge in [0.1, 0.15) is 11.6 Å². The van der Waals surface area contributed by atoms with Crippen molar-refractivity contribution in [3.8, 4) is 0 Å². The Balaban J connectivity index is 0.797. The van der Waals surface area contributed by atoms with Gasteiger partial charge in [-0.3, -0.25) is 9.59 Å². The van der Waals surface area contributed by atoms with Crippen molar-refractivity contribution in [3.63, 3.8) is 0 Å². The molecule has 0 saturated heterocycles. The number of carbonyl (C=O) groups excluding carboxylic acids is 2. The maximum Gasteiger partial charge on any atom is 0.140 e. The highest BCUT2D eigenvalue weighted by Gasteiger charge is 2.58. The summed E-state index contributed by atoms with van der Waals surface area (Å²) in [6.07, 6.45) is 23.3. The van der Waals surface area contributed by atoms with Crippen molar-refractivity contribution in [2.24, 2.45) is 71.0 Å². The molecule has 0 heterocycles. The van der Waals surface area contributed by atoms with Gasteiger partial charge < -0.3 is 0 Å². The van der Waals surface area contributed by atoms with E-state index in [1.807, 2.05) is 0 Å². The zero-order valence-corrected chi connectivity index (χ0v) is 54.6. The molecular formula is C90H100O2. The van der Waals surface area contributed by atoms with Gasteiger partial charge in [-0.2, -0.15) is 0 Å². The van der Waals surface area contributed by atoms with E-state index in [-0.39, 0.29) is 47.3 Å². The Bertz CT molecular complexity index is 3100. The quantitative estimate of drug-likeness (QED) is 0.152. The number of ketones is 2. The van der Waals surface area contributed by atoms with Crippen LogP contribution < -0.4 is 0 Å². The predicted octanol–water partition coefficient (Wildman–Crippen LogP) is 22.7. The summed E-state index contributed by atoms with van der Waals surface area (Å²) in [6, 6.07) is 92.4. The lowest BCUT2D eigenvalue weighted by molar-refractivity contribution is -0.128. The third kappa shape index (κ3) is 12.8. The summed E-state index contributed by atoms with van der Waals surface area (Å²) in [7, 11) is 0. The molecule has 0 aliphatic heterocycles. The summed E-state index contributed by atoms with van der Waals surface area (Å²) in [5.74, 6) is 7.62. The lowest BCUT2D eigenvalue weighted by atomic mass is 9.64. The number of hydrogen-bond acceptors (Lipinski definition) is 2. The zero-order chi connectivity index (χ0) is 61.7. The van der Waals surface area contributed by atoms with Crippen molar-refractivity contribution < 1.29 is 9.59 Å². The minimum atomic E-state index is 0.0329. The fourth-order valence-corrected chi connectivity index (χ4v) is 22.0. The van der Waals surface area contributed by atoms with Crippen molar-refractivity contribution in [2.45, 2.75) is 176 Å². The third-order valence-corrected chi connectivity index (χ3v) is 26.2. The molecule has 21 rings (SSSR count). The van der Waals surface area contributed by atoms with Crippen molar-refractivity contribution in [2.75, 3.05) is 0 Å². The molecule has 92 heavy (non-hydrogen) atoms. The van der Waals surface area contributed by atoms with Gasteiger partial charge >= 0.3 is 0 Å². The SMILES string of the molecule is O=C1C2C3CCC(CC3)CC(c3ccccc3)C(c3ccccc3)CC3CCC(CC3)C3C(=O)C(C4CCC(CC4)CC(c4ccccc4)C(c4ccccc4)CC4CCC(CC4)C1C(c1ccccc1)C2c1ccccc1)C(c1ccccc1)C3c1ccccc1. The molecule has 0 N–H and O–H groups in total. The molecule has 13 aliphatic carbocycles. The molecule has 12 bridgehead atoms. The van der Waals surface area contributed by atoms with Gasteiger partial charge in [-0.1, -0.05) is 294 Å². The minimum Gasteiger partial charge on any atom is -0.299 e. The molecule has 12 atom stereocenters. The van der Waals surface area contributed by atoms with Crippen molar-refractivity contribution >= 4 is 11.6 Å². The van der Waals surface area contributed by atoms with Gasteiger partial charge in [0.25, 0.3) is 0 Å². The Morgan fingerprint density at radius 3 is 0.489 bits per heavy atom. The first kappa shape index (κ1) is 61.3. The van der Waals surface area contributed by atoms with E-state index in [4.69, 9.17) is 0 Å². The van der Waals surface area contributed by atoms with Gasteiger partial charge in [0, 0.05) is 47.3 Å². The Kier molecular flexibility index (Phi) is 18.9. The van der Waals surface area contributed by atoms with Crippen molar-refractivity contribution in [3.05, 3.63) is 287 Å². The van der Waals surface area contributed by atoms with Crippen LogP contribution in [-0.4, -0.2) is 11.6 Å². The van der Waals surface area contributed by atoms with Crippen LogP contribution in [0.1, 0.15) is 220 Å². The van der Waals surface area contributed by atoms with Gasteiger partial charge in [0.2, 0.25) is 0 Å². The Labute approximate surface area is 551 Å². The molecule has 8 aromatic carbocycles. The Morgan fingerprint density at radius 2 is 0.326 bits per heavy atom. The Morgan fingerprint density at radius 1 is 0.174 bits per heavy atom. The van der Waals surface area contributed by atoms with Crippen LogP contribution in [0.2, 0.25) is 0 Å². The fourth-order valence-electron chi connectivity index (χ4n) is 22.0. The summed E-state index contributed by atoms with van der Waals surface area (Å²) in [5, 5.41) is 0. The first-order valence-electron chi connectivity index (χ1n) is 37.0. The lowest BCUT2D eigenvalue weighted by Crippen LogP contribution is -2.33. The van der Waals surface area contributed by atoms with E-state index >= 15 is 9.59 Å². The smallest absolute Gasteiger partial charge is 0.140 e. The average Bonchev–Trinajstić information content (AvgIpc) is 1.61. The molecule has 2 nitrogen and oxygen atoms in total. The molecular weight excluding hydrogens is 1110 g/mol. The van der Waals surface area contributed by atoms with Crippen LogP contribution in [0.25, 0.3) is 0 Å². The standard InChI is InChI=1S/C90H100O2/c91-89-85-73-49-41-61(42-50-73)57-77(65-25-9-1-10-26-65)78(66-27-11-2-12-28-66)58-62-43-51-74(52-44-62)86-83(71-37-21-7-22-38-71)84(72-39-23-8-24-40-72)88(90(86)92)76-55-47-64(48-56-76)60-80(68-31-15-4-16-32-68)79(67-29-13-3-14-30-67)59-63-45-53-75(54-46-63)87(89)82(70-35-19-6-20-36-70)81(85)69-33-17-5-18-34-69/h1-40,61-64,73-88H,41-60H2. The van der Waals surface area contributed by atoms with E-state index < -0.39 is 0 Å². The van der Waals surface area contributed by atoms with Crippen molar-refractivity contribution in [1.29, 1.82) is 0 Å². The second kappa shape index (κ2) is 28.4. The molecule has 13 fully saturated rings. The summed E-state index contributed by atoms with van der Waals surface area (Å²) >= 11 is 0. The molecule has 13 saturated carbocycles. The van der Waals surface area contributed by atoms with Gasteiger partial charge in [0.05, 0.1) is 0 Å². The lowest BCUT2D eigenvalue weighted by Gasteiger charge is -2.40. The topological polar surface area (TPSA) is 34.1 Å². The monoisotopic (exact) mass is 1210 g/mol. The van der Waals surface area contributed by atoms with E-state index in [2.05, 4.69) is 243 Å². The molecule has 0 spiro atoms. The second-order valence-electron chi connectivity index (χ2n) is 30.8. The second-order valence-corrected chi connectivity index (χ2v) is 30.8. The largest absolute Gasteiger partial charge is 0.299 e. The maximum absolute atomic E-state index is 16.3. The fraction of sp³-hybridized carbons (Fsp3) is 0.444. The molecule has 13 aliphatic rings. The van der Waals surface area contributed by atoms with E-state index in [9.17, 15) is 0 Å². The summed E-state index contributed by atoms with van der Waals surface area (Å²) in [4.78, 5) is 32.6. The number of hydrogen-bond donors (Lipinski definition) is 0. The minimum absolute atomic E-state index is 0.0329. The predicted molar refractivity (Wildman–Crippen MR) is 378 cm³/mol. The molecule has 8 aromatic rings. The van der Waals surface area contributed by atoms with Crippen LogP contribution in [0.5, 0.6) is 0 Å². The summed E-state index contributed by atoms with van der Waals surface area (Å²) < 4.78 is 0. The van der Waals surface area contributed by atoms with Gasteiger partial charge in [-0.15, -0.1) is 0 Å². The van der Waals surface area contributed by atoms with E-state index in [1.165, 1.54) is 122 Å². The summed E-state index contributed by atoms with van der Waals surface area (Å²) in [5.41, 5.74) is 11.5. The molecule has 0 aromatic heterocycles. The van der Waals surface area contributed by atoms with E-state index in [1.54, 1.807) is 0 Å². The zero-order valence-electron chi connectivity index (χ0n) is 54.6. The number of benzene rings is 8. The average molecular weight is 1210 g/mol. The van der Waals surface area contributed by atoms with Crippen LogP contribution in [0.4, 0.5) is 0 Å². The highest BCUT2D eigenvalue weighted by atomic mass is 16.1. The van der Waals surface area contributed by atoms with Crippen LogP contribution in [0.15, 0.2) is 243 Å². The number of carbonyl (C=O) groups is 2. The molecule has 12 unspecified atom stereocenters.